The fourth-order valence-electron chi connectivity index (χ4n) is 4.88. The molecule has 1 aromatic carbocycles. The third-order valence-electron chi connectivity index (χ3n) is 7.06. The Kier molecular flexibility index (Phi) is 11.1. The summed E-state index contributed by atoms with van der Waals surface area (Å²) in [6.07, 6.45) is 6.68. The summed E-state index contributed by atoms with van der Waals surface area (Å²) in [5.41, 5.74) is 2.15. The van der Waals surface area contributed by atoms with Gasteiger partial charge in [-0.25, -0.2) is 0 Å². The van der Waals surface area contributed by atoms with Gasteiger partial charge in [0.2, 0.25) is 5.91 Å². The average Bonchev–Trinajstić information content (AvgIpc) is 2.86. The second-order valence-electron chi connectivity index (χ2n) is 9.63. The van der Waals surface area contributed by atoms with Crippen molar-refractivity contribution in [3.05, 3.63) is 35.4 Å². The SMILES string of the molecule is Cc1ccc(/C(=N\O)N2CCN(CC[C@H]3CC[C@H](NC(=O)CCOCCCO)CC3)CC2)cc1. The summed E-state index contributed by atoms with van der Waals surface area (Å²) < 4.78 is 5.35. The molecule has 1 saturated heterocycles. The average molecular weight is 475 g/mol. The van der Waals surface area contributed by atoms with Gasteiger partial charge in [0.05, 0.1) is 6.61 Å². The molecule has 0 bridgehead atoms. The summed E-state index contributed by atoms with van der Waals surface area (Å²) in [6.45, 7) is 7.92. The summed E-state index contributed by atoms with van der Waals surface area (Å²) in [6, 6.07) is 8.42. The lowest BCUT2D eigenvalue weighted by atomic mass is 9.84. The maximum atomic E-state index is 12.1. The van der Waals surface area contributed by atoms with Gasteiger partial charge in [-0.3, -0.25) is 9.69 Å². The van der Waals surface area contributed by atoms with E-state index in [2.05, 4.69) is 27.2 Å². The van der Waals surface area contributed by atoms with Gasteiger partial charge in [0.1, 0.15) is 0 Å². The van der Waals surface area contributed by atoms with Crippen LogP contribution in [0.1, 0.15) is 56.1 Å². The minimum atomic E-state index is 0.0711. The van der Waals surface area contributed by atoms with Gasteiger partial charge in [-0.2, -0.15) is 0 Å². The number of oxime groups is 1. The first-order valence-electron chi connectivity index (χ1n) is 12.8. The number of hydrogen-bond acceptors (Lipinski definition) is 6. The lowest BCUT2D eigenvalue weighted by Crippen LogP contribution is -2.49. The van der Waals surface area contributed by atoms with Gasteiger partial charge in [0.15, 0.2) is 5.84 Å². The van der Waals surface area contributed by atoms with E-state index >= 15 is 0 Å². The van der Waals surface area contributed by atoms with Crippen molar-refractivity contribution >= 4 is 11.7 Å². The van der Waals surface area contributed by atoms with E-state index < -0.39 is 0 Å². The maximum absolute atomic E-state index is 12.1. The van der Waals surface area contributed by atoms with Crippen molar-refractivity contribution in [2.75, 3.05) is 52.5 Å². The summed E-state index contributed by atoms with van der Waals surface area (Å²) in [7, 11) is 0. The van der Waals surface area contributed by atoms with Crippen LogP contribution in [0.4, 0.5) is 0 Å². The van der Waals surface area contributed by atoms with Crippen LogP contribution in [0.25, 0.3) is 0 Å². The van der Waals surface area contributed by atoms with Crippen LogP contribution in [0.15, 0.2) is 29.4 Å². The maximum Gasteiger partial charge on any atom is 0.222 e. The van der Waals surface area contributed by atoms with Crippen LogP contribution >= 0.6 is 0 Å². The molecule has 3 rings (SSSR count). The highest BCUT2D eigenvalue weighted by molar-refractivity contribution is 5.98. The number of nitrogens with one attached hydrogen (secondary N) is 1. The van der Waals surface area contributed by atoms with E-state index in [1.54, 1.807) is 0 Å². The number of carbonyl (C=O) groups is 1. The molecule has 34 heavy (non-hydrogen) atoms. The number of hydrogen-bond donors (Lipinski definition) is 3. The quantitative estimate of drug-likeness (QED) is 0.150. The van der Waals surface area contributed by atoms with Gasteiger partial charge < -0.3 is 25.3 Å². The van der Waals surface area contributed by atoms with Crippen LogP contribution in [-0.2, 0) is 9.53 Å². The zero-order valence-corrected chi connectivity index (χ0v) is 20.6. The normalized spacial score (nSPS) is 22.1. The summed E-state index contributed by atoms with van der Waals surface area (Å²) >= 11 is 0. The minimum absolute atomic E-state index is 0.0711. The Bertz CT molecular complexity index is 755. The van der Waals surface area contributed by atoms with Crippen molar-refractivity contribution in [2.24, 2.45) is 11.1 Å². The molecule has 1 heterocycles. The highest BCUT2D eigenvalue weighted by Crippen LogP contribution is 2.27. The molecule has 1 aromatic rings. The Hall–Kier alpha value is -2.16. The summed E-state index contributed by atoms with van der Waals surface area (Å²) in [5, 5.41) is 25.1. The standard InChI is InChI=1S/C26H42N4O4/c1-21-3-7-23(8-4-21)26(28-33)30-16-14-29(15-17-30)13-11-22-5-9-24(10-6-22)27-25(32)12-20-34-19-2-18-31/h3-4,7-8,22,24,31,33H,2,5-6,9-20H2,1H3,(H,27,32)/b28-26+/t22-,24-. The highest BCUT2D eigenvalue weighted by Gasteiger charge is 2.25. The molecular formula is C26H42N4O4. The lowest BCUT2D eigenvalue weighted by Gasteiger charge is -2.37. The number of rotatable bonds is 11. The Morgan fingerprint density at radius 1 is 1.09 bits per heavy atom. The second-order valence-corrected chi connectivity index (χ2v) is 9.63. The second kappa shape index (κ2) is 14.3. The Morgan fingerprint density at radius 2 is 1.79 bits per heavy atom. The Morgan fingerprint density at radius 3 is 2.44 bits per heavy atom. The number of aliphatic hydroxyl groups is 1. The number of aliphatic hydroxyl groups excluding tert-OH is 1. The van der Waals surface area contributed by atoms with E-state index in [-0.39, 0.29) is 12.5 Å². The molecule has 2 aliphatic rings. The fraction of sp³-hybridized carbons (Fsp3) is 0.692. The number of piperazine rings is 1. The number of benzene rings is 1. The van der Waals surface area contributed by atoms with E-state index in [1.165, 1.54) is 24.8 Å². The largest absolute Gasteiger partial charge is 0.409 e. The molecule has 8 nitrogen and oxygen atoms in total. The molecule has 0 radical (unpaired) electrons. The number of aryl methyl sites for hydroxylation is 1. The summed E-state index contributed by atoms with van der Waals surface area (Å²) in [5.74, 6) is 1.47. The van der Waals surface area contributed by atoms with Gasteiger partial charge in [-0.1, -0.05) is 35.0 Å². The van der Waals surface area contributed by atoms with Crippen molar-refractivity contribution in [1.29, 1.82) is 0 Å². The molecular weight excluding hydrogens is 432 g/mol. The number of amidine groups is 1. The Balaban J connectivity index is 1.29. The van der Waals surface area contributed by atoms with E-state index in [4.69, 9.17) is 9.84 Å². The first-order valence-corrected chi connectivity index (χ1v) is 12.8. The van der Waals surface area contributed by atoms with Crippen LogP contribution in [0.3, 0.4) is 0 Å². The molecule has 0 aromatic heterocycles. The predicted octanol–water partition coefficient (Wildman–Crippen LogP) is 2.60. The van der Waals surface area contributed by atoms with Gasteiger partial charge >= 0.3 is 0 Å². The van der Waals surface area contributed by atoms with Crippen LogP contribution < -0.4 is 5.32 Å². The van der Waals surface area contributed by atoms with Crippen molar-refractivity contribution in [3.8, 4) is 0 Å². The number of amides is 1. The first kappa shape index (κ1) is 26.4. The molecule has 1 saturated carbocycles. The van der Waals surface area contributed by atoms with Crippen molar-refractivity contribution in [1.82, 2.24) is 15.1 Å². The molecule has 190 valence electrons. The van der Waals surface area contributed by atoms with Crippen LogP contribution in [0.2, 0.25) is 0 Å². The van der Waals surface area contributed by atoms with Crippen LogP contribution in [-0.4, -0.2) is 90.4 Å². The molecule has 0 unspecified atom stereocenters. The molecule has 2 fully saturated rings. The topological polar surface area (TPSA) is 97.6 Å². The molecule has 8 heteroatoms. The van der Waals surface area contributed by atoms with Crippen molar-refractivity contribution < 1.29 is 19.8 Å². The minimum Gasteiger partial charge on any atom is -0.409 e. The monoisotopic (exact) mass is 474 g/mol. The van der Waals surface area contributed by atoms with Crippen molar-refractivity contribution in [2.45, 2.75) is 57.9 Å². The van der Waals surface area contributed by atoms with E-state index in [0.717, 1.165) is 57.0 Å². The zero-order chi connectivity index (χ0) is 24.2. The van der Waals surface area contributed by atoms with E-state index in [9.17, 15) is 10.0 Å². The van der Waals surface area contributed by atoms with E-state index in [0.29, 0.717) is 37.9 Å². The molecule has 1 amide bonds. The molecule has 0 atom stereocenters. The lowest BCUT2D eigenvalue weighted by molar-refractivity contribution is -0.123. The van der Waals surface area contributed by atoms with Gasteiger partial charge in [-0.05, 0) is 57.9 Å². The number of carbonyl (C=O) groups excluding carboxylic acids is 1. The predicted molar refractivity (Wildman–Crippen MR) is 133 cm³/mol. The third kappa shape index (κ3) is 8.56. The fourth-order valence-corrected chi connectivity index (χ4v) is 4.88. The molecule has 1 aliphatic carbocycles. The number of ether oxygens (including phenoxy) is 1. The first-order chi connectivity index (χ1) is 16.6. The highest BCUT2D eigenvalue weighted by atomic mass is 16.5. The summed E-state index contributed by atoms with van der Waals surface area (Å²) in [4.78, 5) is 16.8. The number of nitrogens with zero attached hydrogens (tertiary/aromatic N) is 3. The molecule has 3 N–H and O–H groups in total. The van der Waals surface area contributed by atoms with E-state index in [1.807, 2.05) is 24.3 Å². The molecule has 1 aliphatic heterocycles. The van der Waals surface area contributed by atoms with Crippen molar-refractivity contribution in [3.63, 3.8) is 0 Å². The zero-order valence-electron chi connectivity index (χ0n) is 20.6. The smallest absolute Gasteiger partial charge is 0.222 e. The van der Waals surface area contributed by atoms with Gasteiger partial charge in [0, 0.05) is 57.4 Å². The van der Waals surface area contributed by atoms with Crippen LogP contribution in [0.5, 0.6) is 0 Å². The molecule has 0 spiro atoms. The van der Waals surface area contributed by atoms with Gasteiger partial charge in [-0.15, -0.1) is 0 Å². The van der Waals surface area contributed by atoms with Gasteiger partial charge in [0.25, 0.3) is 0 Å². The Labute approximate surface area is 204 Å². The van der Waals surface area contributed by atoms with Crippen LogP contribution in [0, 0.1) is 12.8 Å². The third-order valence-corrected chi connectivity index (χ3v) is 7.06.